The molecule has 3 atom stereocenters. The van der Waals surface area contributed by atoms with Crippen LogP contribution in [0, 0.1) is 6.92 Å². The topological polar surface area (TPSA) is 94.9 Å². The number of piperidine rings is 1. The molecule has 0 saturated carbocycles. The molecule has 4 heterocycles. The number of likely N-dealkylation sites (tertiary alicyclic amines) is 1. The smallest absolute Gasteiger partial charge is 0.410 e. The Morgan fingerprint density at radius 1 is 1.18 bits per heavy atom. The summed E-state index contributed by atoms with van der Waals surface area (Å²) in [5, 5.41) is 3.23. The van der Waals surface area contributed by atoms with Crippen molar-refractivity contribution in [3.05, 3.63) is 17.7 Å². The van der Waals surface area contributed by atoms with Crippen LogP contribution in [0.4, 0.5) is 4.79 Å². The molecule has 1 N–H and O–H groups in total. The molecule has 2 fully saturated rings. The van der Waals surface area contributed by atoms with Crippen LogP contribution in [-0.2, 0) is 25.5 Å². The molecule has 2 amide bonds. The first-order valence-corrected chi connectivity index (χ1v) is 12.2. The third kappa shape index (κ3) is 6.06. The zero-order chi connectivity index (χ0) is 23.6. The Balaban J connectivity index is 1.34. The van der Waals surface area contributed by atoms with Gasteiger partial charge in [0.25, 0.3) is 0 Å². The molecule has 3 aliphatic heterocycles. The van der Waals surface area contributed by atoms with Crippen molar-refractivity contribution < 1.29 is 23.8 Å². The minimum atomic E-state index is -0.492. The van der Waals surface area contributed by atoms with Crippen LogP contribution in [-0.4, -0.2) is 76.6 Å². The van der Waals surface area contributed by atoms with E-state index in [4.69, 9.17) is 19.2 Å². The molecule has 0 bridgehead atoms. The number of aryl methyl sites for hydroxylation is 2. The van der Waals surface area contributed by atoms with Gasteiger partial charge < -0.3 is 29.0 Å². The third-order valence-corrected chi connectivity index (χ3v) is 6.58. The molecule has 33 heavy (non-hydrogen) atoms. The molecule has 9 heteroatoms. The summed E-state index contributed by atoms with van der Waals surface area (Å²) in [7, 11) is 0. The molecule has 3 aliphatic rings. The van der Waals surface area contributed by atoms with Crippen molar-refractivity contribution in [2.75, 3.05) is 26.3 Å². The van der Waals surface area contributed by atoms with Crippen LogP contribution < -0.4 is 5.32 Å². The van der Waals surface area contributed by atoms with Crippen molar-refractivity contribution >= 4 is 12.0 Å². The van der Waals surface area contributed by atoms with Crippen LogP contribution in [0.3, 0.4) is 0 Å². The number of amides is 2. The van der Waals surface area contributed by atoms with Crippen LogP contribution in [0.5, 0.6) is 0 Å². The molecular weight excluding hydrogens is 424 g/mol. The number of nitrogens with zero attached hydrogens (tertiary/aromatic N) is 3. The fourth-order valence-corrected chi connectivity index (χ4v) is 4.89. The van der Waals surface area contributed by atoms with Gasteiger partial charge in [0.1, 0.15) is 17.5 Å². The van der Waals surface area contributed by atoms with Crippen molar-refractivity contribution in [2.24, 2.45) is 0 Å². The average Bonchev–Trinajstić information content (AvgIpc) is 3.41. The highest BCUT2D eigenvalue weighted by Crippen LogP contribution is 2.29. The minimum Gasteiger partial charge on any atom is -0.444 e. The summed E-state index contributed by atoms with van der Waals surface area (Å²) in [6.07, 6.45) is 5.63. The molecule has 1 aromatic rings. The Bertz CT molecular complexity index is 834. The number of ether oxygens (including phenoxy) is 3. The molecule has 4 rings (SSSR count). The quantitative estimate of drug-likeness (QED) is 0.723. The monoisotopic (exact) mass is 462 g/mol. The summed E-state index contributed by atoms with van der Waals surface area (Å²) in [5.74, 6) is 0.939. The fourth-order valence-electron chi connectivity index (χ4n) is 4.89. The summed E-state index contributed by atoms with van der Waals surface area (Å²) in [4.78, 5) is 31.6. The van der Waals surface area contributed by atoms with Crippen LogP contribution in [0.1, 0.15) is 70.3 Å². The fraction of sp³-hybridized carbons (Fsp3) is 0.792. The predicted molar refractivity (Wildman–Crippen MR) is 122 cm³/mol. The largest absolute Gasteiger partial charge is 0.444 e. The number of hydrogen-bond acceptors (Lipinski definition) is 6. The van der Waals surface area contributed by atoms with Crippen molar-refractivity contribution in [3.8, 4) is 0 Å². The predicted octanol–water partition coefficient (Wildman–Crippen LogP) is 2.76. The first-order valence-electron chi connectivity index (χ1n) is 12.2. The number of hydrogen-bond donors (Lipinski definition) is 1. The molecule has 2 saturated heterocycles. The van der Waals surface area contributed by atoms with E-state index in [9.17, 15) is 9.59 Å². The number of nitrogens with one attached hydrogen (secondary N) is 1. The van der Waals surface area contributed by atoms with Crippen LogP contribution >= 0.6 is 0 Å². The van der Waals surface area contributed by atoms with Crippen molar-refractivity contribution in [3.63, 3.8) is 0 Å². The first-order chi connectivity index (χ1) is 15.7. The van der Waals surface area contributed by atoms with E-state index < -0.39 is 5.60 Å². The number of carbonyl (C=O) groups is 2. The van der Waals surface area contributed by atoms with Gasteiger partial charge in [-0.1, -0.05) is 0 Å². The highest BCUT2D eigenvalue weighted by atomic mass is 16.6. The van der Waals surface area contributed by atoms with Gasteiger partial charge in [-0.05, 0) is 59.8 Å². The van der Waals surface area contributed by atoms with Crippen LogP contribution in [0.2, 0.25) is 0 Å². The highest BCUT2D eigenvalue weighted by Gasteiger charge is 2.36. The number of carbonyl (C=O) groups excluding carboxylic acids is 2. The maximum Gasteiger partial charge on any atom is 0.410 e. The van der Waals surface area contributed by atoms with Gasteiger partial charge in [-0.3, -0.25) is 4.79 Å². The van der Waals surface area contributed by atoms with Gasteiger partial charge in [-0.2, -0.15) is 0 Å². The Morgan fingerprint density at radius 2 is 1.94 bits per heavy atom. The van der Waals surface area contributed by atoms with E-state index in [1.54, 1.807) is 4.90 Å². The summed E-state index contributed by atoms with van der Waals surface area (Å²) in [6.45, 7) is 10.9. The zero-order valence-electron chi connectivity index (χ0n) is 20.3. The molecule has 0 aliphatic carbocycles. The average molecular weight is 463 g/mol. The maximum absolute atomic E-state index is 12.7. The van der Waals surface area contributed by atoms with Crippen molar-refractivity contribution in [1.29, 1.82) is 0 Å². The van der Waals surface area contributed by atoms with Crippen molar-refractivity contribution in [2.45, 2.75) is 96.1 Å². The Hall–Kier alpha value is -2.13. The second kappa shape index (κ2) is 10.0. The first kappa shape index (κ1) is 24.0. The van der Waals surface area contributed by atoms with E-state index in [1.807, 2.05) is 27.7 Å². The van der Waals surface area contributed by atoms with E-state index in [2.05, 4.69) is 16.1 Å². The van der Waals surface area contributed by atoms with Gasteiger partial charge in [0.2, 0.25) is 5.91 Å². The normalized spacial score (nSPS) is 26.2. The number of imidazole rings is 1. The molecule has 0 radical (unpaired) electrons. The lowest BCUT2D eigenvalue weighted by molar-refractivity contribution is -0.131. The number of aromatic nitrogens is 2. The molecular formula is C24H38N4O5. The molecule has 0 spiro atoms. The van der Waals surface area contributed by atoms with Crippen LogP contribution in [0.25, 0.3) is 0 Å². The zero-order valence-corrected chi connectivity index (χ0v) is 20.3. The van der Waals surface area contributed by atoms with Crippen LogP contribution in [0.15, 0.2) is 6.20 Å². The summed E-state index contributed by atoms with van der Waals surface area (Å²) < 4.78 is 19.6. The lowest BCUT2D eigenvalue weighted by atomic mass is 9.92. The van der Waals surface area contributed by atoms with E-state index in [0.717, 1.165) is 50.2 Å². The minimum absolute atomic E-state index is 0.0123. The summed E-state index contributed by atoms with van der Waals surface area (Å²) >= 11 is 0. The van der Waals surface area contributed by atoms with Gasteiger partial charge in [0, 0.05) is 38.5 Å². The SMILES string of the molecule is Cc1cn2c(n1)[C@@H](COC1CCN(C(=O)OC(C)(C)C)CC1)[C@H](NC(=O)[C@@H]1CCCO1)CC2. The van der Waals surface area contributed by atoms with Gasteiger partial charge in [0.15, 0.2) is 0 Å². The molecule has 0 unspecified atom stereocenters. The number of rotatable bonds is 5. The molecule has 9 nitrogen and oxygen atoms in total. The maximum atomic E-state index is 12.7. The summed E-state index contributed by atoms with van der Waals surface area (Å²) in [5.41, 5.74) is 0.487. The summed E-state index contributed by atoms with van der Waals surface area (Å²) in [6, 6.07) is -0.0298. The molecule has 0 aromatic carbocycles. The lowest BCUT2D eigenvalue weighted by Gasteiger charge is -2.36. The van der Waals surface area contributed by atoms with E-state index >= 15 is 0 Å². The second-order valence-corrected chi connectivity index (χ2v) is 10.4. The molecule has 1 aromatic heterocycles. The second-order valence-electron chi connectivity index (χ2n) is 10.4. The van der Waals surface area contributed by atoms with Crippen molar-refractivity contribution in [1.82, 2.24) is 19.8 Å². The van der Waals surface area contributed by atoms with Gasteiger partial charge in [-0.25, -0.2) is 9.78 Å². The third-order valence-electron chi connectivity index (χ3n) is 6.58. The highest BCUT2D eigenvalue weighted by molar-refractivity contribution is 5.81. The van der Waals surface area contributed by atoms with Gasteiger partial charge in [0.05, 0.1) is 24.3 Å². The van der Waals surface area contributed by atoms with E-state index in [-0.39, 0.29) is 36.2 Å². The van der Waals surface area contributed by atoms with E-state index in [0.29, 0.717) is 26.3 Å². The van der Waals surface area contributed by atoms with Gasteiger partial charge >= 0.3 is 6.09 Å². The number of fused-ring (bicyclic) bond motifs is 1. The van der Waals surface area contributed by atoms with E-state index in [1.165, 1.54) is 0 Å². The Morgan fingerprint density at radius 3 is 2.61 bits per heavy atom. The standard InChI is InChI=1S/C24H38N4O5/c1-16-14-28-12-9-19(26-22(29)20-6-5-13-31-20)18(21(28)25-16)15-32-17-7-10-27(11-8-17)23(30)33-24(2,3)4/h14,17-20H,5-13,15H2,1-4H3,(H,26,29)/t18-,19+,20-/m0/s1. The Labute approximate surface area is 196 Å². The lowest BCUT2D eigenvalue weighted by Crippen LogP contribution is -2.48. The molecule has 184 valence electrons. The Kier molecular flexibility index (Phi) is 7.28. The van der Waals surface area contributed by atoms with Gasteiger partial charge in [-0.15, -0.1) is 0 Å².